The minimum Gasteiger partial charge on any atom is -0.366 e. The number of aryl methyl sites for hydroxylation is 3. The van der Waals surface area contributed by atoms with Crippen molar-refractivity contribution in [2.24, 2.45) is 0 Å². The van der Waals surface area contributed by atoms with Gasteiger partial charge in [-0.1, -0.05) is 24.3 Å². The van der Waals surface area contributed by atoms with Gasteiger partial charge in [0.25, 0.3) is 0 Å². The molecule has 0 saturated carbocycles. The summed E-state index contributed by atoms with van der Waals surface area (Å²) in [6, 6.07) is 15.3. The molecule has 1 aliphatic rings. The molecule has 1 fully saturated rings. The van der Waals surface area contributed by atoms with Crippen molar-refractivity contribution >= 4 is 22.4 Å². The Morgan fingerprint density at radius 2 is 1.86 bits per heavy atom. The van der Waals surface area contributed by atoms with Gasteiger partial charge in [-0.15, -0.1) is 0 Å². The van der Waals surface area contributed by atoms with Crippen LogP contribution in [0, 0.1) is 20.8 Å². The molecule has 1 atom stereocenters. The van der Waals surface area contributed by atoms with Crippen LogP contribution in [-0.2, 0) is 0 Å². The van der Waals surface area contributed by atoms with Crippen molar-refractivity contribution in [2.45, 2.75) is 33.7 Å². The standard InChI is InChI=1S/C24H29N3O/c1-16-6-5-7-20(12-16)27-11-10-26(14-18(27)3)15-23(28)24-19(4)25-22-13-17(2)8-9-21(22)24/h5-9,12-13,18,25H,10-11,14-15H2,1-4H3/t18-/m0/s1. The number of nitrogens with zero attached hydrogens (tertiary/aromatic N) is 2. The molecule has 28 heavy (non-hydrogen) atoms. The summed E-state index contributed by atoms with van der Waals surface area (Å²) in [5, 5.41) is 1.04. The molecule has 0 amide bonds. The van der Waals surface area contributed by atoms with Gasteiger partial charge in [-0.25, -0.2) is 0 Å². The summed E-state index contributed by atoms with van der Waals surface area (Å²) in [5.74, 6) is 0.212. The van der Waals surface area contributed by atoms with Gasteiger partial charge < -0.3 is 9.88 Å². The molecule has 1 aliphatic heterocycles. The third kappa shape index (κ3) is 3.57. The Morgan fingerprint density at radius 1 is 1.07 bits per heavy atom. The lowest BCUT2D eigenvalue weighted by atomic mass is 10.0. The Hall–Kier alpha value is -2.59. The lowest BCUT2D eigenvalue weighted by Crippen LogP contribution is -2.53. The molecule has 0 bridgehead atoms. The third-order valence-corrected chi connectivity index (χ3v) is 5.83. The number of carbonyl (C=O) groups excluding carboxylic acids is 1. The molecule has 1 saturated heterocycles. The second kappa shape index (κ2) is 7.44. The van der Waals surface area contributed by atoms with Crippen molar-refractivity contribution in [3.63, 3.8) is 0 Å². The smallest absolute Gasteiger partial charge is 0.179 e. The number of H-pyrrole nitrogens is 1. The van der Waals surface area contributed by atoms with Crippen LogP contribution >= 0.6 is 0 Å². The van der Waals surface area contributed by atoms with Gasteiger partial charge in [0.1, 0.15) is 0 Å². The number of rotatable bonds is 4. The average Bonchev–Trinajstić information content (AvgIpc) is 2.96. The lowest BCUT2D eigenvalue weighted by Gasteiger charge is -2.41. The Bertz CT molecular complexity index is 1020. The van der Waals surface area contributed by atoms with E-state index in [4.69, 9.17) is 0 Å². The van der Waals surface area contributed by atoms with Crippen LogP contribution in [0.25, 0.3) is 10.9 Å². The summed E-state index contributed by atoms with van der Waals surface area (Å²) in [5.41, 5.74) is 6.64. The molecule has 0 unspecified atom stereocenters. The summed E-state index contributed by atoms with van der Waals surface area (Å²) < 4.78 is 0. The van der Waals surface area contributed by atoms with Crippen LogP contribution in [0.2, 0.25) is 0 Å². The molecule has 0 spiro atoms. The number of ketones is 1. The fourth-order valence-corrected chi connectivity index (χ4v) is 4.45. The van der Waals surface area contributed by atoms with Crippen LogP contribution in [0.3, 0.4) is 0 Å². The van der Waals surface area contributed by atoms with Gasteiger partial charge >= 0.3 is 0 Å². The molecule has 2 heterocycles. The zero-order valence-electron chi connectivity index (χ0n) is 17.2. The van der Waals surface area contributed by atoms with Crippen molar-refractivity contribution < 1.29 is 4.79 Å². The number of fused-ring (bicyclic) bond motifs is 1. The van der Waals surface area contributed by atoms with E-state index in [0.29, 0.717) is 12.6 Å². The van der Waals surface area contributed by atoms with E-state index in [-0.39, 0.29) is 5.78 Å². The summed E-state index contributed by atoms with van der Waals surface area (Å²) in [6.07, 6.45) is 0. The largest absolute Gasteiger partial charge is 0.366 e. The quantitative estimate of drug-likeness (QED) is 0.683. The highest BCUT2D eigenvalue weighted by molar-refractivity contribution is 6.10. The van der Waals surface area contributed by atoms with Crippen molar-refractivity contribution in [2.75, 3.05) is 31.1 Å². The molecule has 3 aromatic rings. The fraction of sp³-hybridized carbons (Fsp3) is 0.375. The lowest BCUT2D eigenvalue weighted by molar-refractivity contribution is 0.0918. The normalized spacial score (nSPS) is 18.0. The van der Waals surface area contributed by atoms with E-state index in [1.807, 2.05) is 6.92 Å². The van der Waals surface area contributed by atoms with E-state index >= 15 is 0 Å². The van der Waals surface area contributed by atoms with Crippen molar-refractivity contribution in [1.29, 1.82) is 0 Å². The topological polar surface area (TPSA) is 39.3 Å². The number of aromatic amines is 1. The number of aromatic nitrogens is 1. The molecule has 1 N–H and O–H groups in total. The number of nitrogens with one attached hydrogen (secondary N) is 1. The highest BCUT2D eigenvalue weighted by Crippen LogP contribution is 2.25. The summed E-state index contributed by atoms with van der Waals surface area (Å²) in [4.78, 5) is 21.3. The number of hydrogen-bond acceptors (Lipinski definition) is 3. The predicted molar refractivity (Wildman–Crippen MR) is 117 cm³/mol. The van der Waals surface area contributed by atoms with Gasteiger partial charge in [0.2, 0.25) is 0 Å². The maximum absolute atomic E-state index is 13.1. The van der Waals surface area contributed by atoms with Gasteiger partial charge in [-0.05, 0) is 57.0 Å². The van der Waals surface area contributed by atoms with Gasteiger partial charge in [0, 0.05) is 53.5 Å². The maximum Gasteiger partial charge on any atom is 0.179 e. The van der Waals surface area contributed by atoms with E-state index in [9.17, 15) is 4.79 Å². The van der Waals surface area contributed by atoms with E-state index in [2.05, 4.69) is 78.0 Å². The van der Waals surface area contributed by atoms with Crippen LogP contribution in [-0.4, -0.2) is 47.9 Å². The van der Waals surface area contributed by atoms with Crippen molar-refractivity contribution in [3.05, 3.63) is 64.8 Å². The Morgan fingerprint density at radius 3 is 2.61 bits per heavy atom. The van der Waals surface area contributed by atoms with Gasteiger partial charge in [-0.3, -0.25) is 9.69 Å². The maximum atomic E-state index is 13.1. The Labute approximate surface area is 167 Å². The number of benzene rings is 2. The number of anilines is 1. The second-order valence-corrected chi connectivity index (χ2v) is 8.21. The van der Waals surface area contributed by atoms with Crippen LogP contribution in [0.15, 0.2) is 42.5 Å². The monoisotopic (exact) mass is 375 g/mol. The minimum atomic E-state index is 0.212. The van der Waals surface area contributed by atoms with Crippen LogP contribution in [0.1, 0.15) is 34.1 Å². The molecule has 146 valence electrons. The number of Topliss-reactive ketones (excluding diaryl/α,β-unsaturated/α-hetero) is 1. The molecule has 4 rings (SSSR count). The van der Waals surface area contributed by atoms with E-state index in [1.54, 1.807) is 0 Å². The van der Waals surface area contributed by atoms with Crippen molar-refractivity contribution in [1.82, 2.24) is 9.88 Å². The van der Waals surface area contributed by atoms with Gasteiger partial charge in [-0.2, -0.15) is 0 Å². The minimum absolute atomic E-state index is 0.212. The highest BCUT2D eigenvalue weighted by Gasteiger charge is 2.26. The van der Waals surface area contributed by atoms with E-state index in [1.165, 1.54) is 16.8 Å². The summed E-state index contributed by atoms with van der Waals surface area (Å²) >= 11 is 0. The zero-order valence-corrected chi connectivity index (χ0v) is 17.2. The van der Waals surface area contributed by atoms with Gasteiger partial charge in [0.05, 0.1) is 6.54 Å². The van der Waals surface area contributed by atoms with E-state index in [0.717, 1.165) is 41.8 Å². The number of carbonyl (C=O) groups is 1. The van der Waals surface area contributed by atoms with E-state index < -0.39 is 0 Å². The highest BCUT2D eigenvalue weighted by atomic mass is 16.1. The molecule has 2 aromatic carbocycles. The number of hydrogen-bond donors (Lipinski definition) is 1. The predicted octanol–water partition coefficient (Wildman–Crippen LogP) is 4.49. The SMILES string of the molecule is Cc1cccc(N2CCN(CC(=O)c3c(C)[nH]c4cc(C)ccc34)C[C@@H]2C)c1. The van der Waals surface area contributed by atoms with Crippen LogP contribution in [0.5, 0.6) is 0 Å². The first-order chi connectivity index (χ1) is 13.4. The molecular formula is C24H29N3O. The van der Waals surface area contributed by atoms with Gasteiger partial charge in [0.15, 0.2) is 5.78 Å². The second-order valence-electron chi connectivity index (χ2n) is 8.21. The average molecular weight is 376 g/mol. The Kier molecular flexibility index (Phi) is 4.98. The molecule has 0 radical (unpaired) electrons. The molecule has 4 nitrogen and oxygen atoms in total. The molecule has 0 aliphatic carbocycles. The molecule has 4 heteroatoms. The van der Waals surface area contributed by atoms with Crippen molar-refractivity contribution in [3.8, 4) is 0 Å². The first-order valence-electron chi connectivity index (χ1n) is 10.1. The summed E-state index contributed by atoms with van der Waals surface area (Å²) in [6.45, 7) is 11.7. The first-order valence-corrected chi connectivity index (χ1v) is 10.1. The fourth-order valence-electron chi connectivity index (χ4n) is 4.45. The van der Waals surface area contributed by atoms with Crippen LogP contribution in [0.4, 0.5) is 5.69 Å². The zero-order chi connectivity index (χ0) is 19.8. The third-order valence-electron chi connectivity index (χ3n) is 5.83. The first kappa shape index (κ1) is 18.8. The van der Waals surface area contributed by atoms with Crippen LogP contribution < -0.4 is 4.90 Å². The summed E-state index contributed by atoms with van der Waals surface area (Å²) in [7, 11) is 0. The molecular weight excluding hydrogens is 346 g/mol. The molecule has 1 aromatic heterocycles. The number of piperazine rings is 1. The Balaban J connectivity index is 1.47.